The summed E-state index contributed by atoms with van der Waals surface area (Å²) >= 11 is 7.47. The van der Waals surface area contributed by atoms with Gasteiger partial charge in [-0.05, 0) is 55.2 Å². The predicted molar refractivity (Wildman–Crippen MR) is 120 cm³/mol. The topological polar surface area (TPSA) is 66.0 Å². The minimum atomic E-state index is -0.397. The van der Waals surface area contributed by atoms with Gasteiger partial charge in [0.15, 0.2) is 0 Å². The maximum atomic E-state index is 13.5. The molecular formula is C22H18ClN3O3S. The third kappa shape index (κ3) is 2.73. The highest BCUT2D eigenvalue weighted by Gasteiger charge is 2.29. The van der Waals surface area contributed by atoms with E-state index in [9.17, 15) is 14.4 Å². The average molecular weight is 440 g/mol. The summed E-state index contributed by atoms with van der Waals surface area (Å²) in [4.78, 5) is 38.4. The first-order chi connectivity index (χ1) is 14.4. The van der Waals surface area contributed by atoms with Crippen LogP contribution in [0.25, 0.3) is 15.9 Å². The molecule has 1 atom stereocenters. The molecule has 8 heteroatoms. The van der Waals surface area contributed by atoms with Gasteiger partial charge in [0.05, 0.1) is 21.9 Å². The van der Waals surface area contributed by atoms with Crippen LogP contribution < -0.4 is 16.1 Å². The quantitative estimate of drug-likeness (QED) is 0.480. The highest BCUT2D eigenvalue weighted by Crippen LogP contribution is 2.36. The summed E-state index contributed by atoms with van der Waals surface area (Å²) in [5.74, 6) is 0. The van der Waals surface area contributed by atoms with Crippen molar-refractivity contribution in [2.45, 2.75) is 25.8 Å². The zero-order valence-electron chi connectivity index (χ0n) is 16.4. The number of rotatable bonds is 2. The van der Waals surface area contributed by atoms with Crippen molar-refractivity contribution in [2.75, 3.05) is 0 Å². The number of aromatic nitrogens is 3. The Hall–Kier alpha value is -2.90. The van der Waals surface area contributed by atoms with E-state index in [-0.39, 0.29) is 16.5 Å². The largest absolute Gasteiger partial charge is 0.336 e. The molecule has 5 rings (SSSR count). The van der Waals surface area contributed by atoms with Crippen LogP contribution in [-0.2, 0) is 13.5 Å². The second-order valence-corrected chi connectivity index (χ2v) is 8.98. The first kappa shape index (κ1) is 19.1. The van der Waals surface area contributed by atoms with Crippen LogP contribution in [0.1, 0.15) is 29.2 Å². The van der Waals surface area contributed by atoms with Gasteiger partial charge in [-0.3, -0.25) is 18.7 Å². The molecular weight excluding hydrogens is 422 g/mol. The fourth-order valence-electron chi connectivity index (χ4n) is 4.29. The van der Waals surface area contributed by atoms with E-state index in [1.54, 1.807) is 30.8 Å². The lowest BCUT2D eigenvalue weighted by atomic mass is 10.1. The Balaban J connectivity index is 1.73. The van der Waals surface area contributed by atoms with Gasteiger partial charge >= 0.3 is 10.6 Å². The number of benzene rings is 2. The zero-order chi connectivity index (χ0) is 21.2. The Bertz CT molecular complexity index is 1510. The van der Waals surface area contributed by atoms with E-state index >= 15 is 0 Å². The third-order valence-corrected chi connectivity index (χ3v) is 7.19. The van der Waals surface area contributed by atoms with E-state index in [0.717, 1.165) is 39.1 Å². The predicted octanol–water partition coefficient (Wildman–Crippen LogP) is 3.41. The van der Waals surface area contributed by atoms with Crippen molar-refractivity contribution in [3.63, 3.8) is 0 Å². The molecule has 2 aromatic heterocycles. The minimum absolute atomic E-state index is 0.0601. The lowest BCUT2D eigenvalue weighted by molar-refractivity contribution is 0.518. The van der Waals surface area contributed by atoms with Gasteiger partial charge in [0, 0.05) is 23.8 Å². The molecule has 4 aromatic rings. The molecule has 1 aliphatic carbocycles. The van der Waals surface area contributed by atoms with Crippen molar-refractivity contribution >= 4 is 33.2 Å². The second kappa shape index (κ2) is 6.82. The molecule has 6 nitrogen and oxygen atoms in total. The van der Waals surface area contributed by atoms with Crippen LogP contribution >= 0.6 is 22.9 Å². The summed E-state index contributed by atoms with van der Waals surface area (Å²) in [6.07, 6.45) is 2.95. The van der Waals surface area contributed by atoms with Gasteiger partial charge in [-0.2, -0.15) is 0 Å². The SMILES string of the molecule is Cc1cn(-c2ccc3c(c2)sc(=O)n3C)c(=O)n(C2CCc3c(Cl)cccc32)c1=O. The molecule has 0 fully saturated rings. The summed E-state index contributed by atoms with van der Waals surface area (Å²) in [6, 6.07) is 10.7. The molecule has 0 bridgehead atoms. The van der Waals surface area contributed by atoms with Crippen molar-refractivity contribution in [3.05, 3.63) is 94.8 Å². The highest BCUT2D eigenvalue weighted by molar-refractivity contribution is 7.16. The Morgan fingerprint density at radius 3 is 2.73 bits per heavy atom. The van der Waals surface area contributed by atoms with Crippen molar-refractivity contribution < 1.29 is 0 Å². The minimum Gasteiger partial charge on any atom is -0.302 e. The number of aryl methyl sites for hydroxylation is 2. The molecule has 0 saturated heterocycles. The monoisotopic (exact) mass is 439 g/mol. The lowest BCUT2D eigenvalue weighted by Crippen LogP contribution is -2.42. The van der Waals surface area contributed by atoms with Gasteiger partial charge < -0.3 is 4.57 Å². The maximum Gasteiger partial charge on any atom is 0.336 e. The highest BCUT2D eigenvalue weighted by atomic mass is 35.5. The molecule has 0 saturated carbocycles. The number of hydrogen-bond donors (Lipinski definition) is 0. The molecule has 2 aromatic carbocycles. The van der Waals surface area contributed by atoms with E-state index < -0.39 is 5.69 Å². The summed E-state index contributed by atoms with van der Waals surface area (Å²) < 4.78 is 5.20. The van der Waals surface area contributed by atoms with Gasteiger partial charge in [0.25, 0.3) is 5.56 Å². The van der Waals surface area contributed by atoms with Crippen LogP contribution in [0.15, 0.2) is 57.0 Å². The number of hydrogen-bond acceptors (Lipinski definition) is 4. The summed E-state index contributed by atoms with van der Waals surface area (Å²) in [6.45, 7) is 1.71. The van der Waals surface area contributed by atoms with Crippen LogP contribution in [0.5, 0.6) is 0 Å². The van der Waals surface area contributed by atoms with Gasteiger partial charge in [-0.15, -0.1) is 0 Å². The molecule has 152 valence electrons. The maximum absolute atomic E-state index is 13.5. The molecule has 0 N–H and O–H groups in total. The fourth-order valence-corrected chi connectivity index (χ4v) is 5.47. The number of nitrogens with zero attached hydrogens (tertiary/aromatic N) is 3. The van der Waals surface area contributed by atoms with Gasteiger partial charge in [0.2, 0.25) is 0 Å². The van der Waals surface area contributed by atoms with Crippen LogP contribution in [0.2, 0.25) is 5.02 Å². The Labute approximate surface area is 180 Å². The first-order valence-corrected chi connectivity index (χ1v) is 10.8. The third-order valence-electron chi connectivity index (χ3n) is 5.84. The molecule has 0 spiro atoms. The molecule has 2 heterocycles. The van der Waals surface area contributed by atoms with E-state index in [1.807, 2.05) is 30.3 Å². The smallest absolute Gasteiger partial charge is 0.302 e. The van der Waals surface area contributed by atoms with Crippen LogP contribution in [0, 0.1) is 6.92 Å². The van der Waals surface area contributed by atoms with Gasteiger partial charge in [0.1, 0.15) is 0 Å². The molecule has 0 amide bonds. The van der Waals surface area contributed by atoms with Crippen molar-refractivity contribution in [1.29, 1.82) is 0 Å². The molecule has 0 aliphatic heterocycles. The van der Waals surface area contributed by atoms with Crippen molar-refractivity contribution in [1.82, 2.24) is 13.7 Å². The number of fused-ring (bicyclic) bond motifs is 2. The molecule has 1 unspecified atom stereocenters. The number of halogens is 1. The average Bonchev–Trinajstić information content (AvgIpc) is 3.27. The lowest BCUT2D eigenvalue weighted by Gasteiger charge is -2.18. The van der Waals surface area contributed by atoms with E-state index in [2.05, 4.69) is 0 Å². The Morgan fingerprint density at radius 2 is 1.93 bits per heavy atom. The van der Waals surface area contributed by atoms with Crippen LogP contribution in [0.3, 0.4) is 0 Å². The van der Waals surface area contributed by atoms with E-state index in [4.69, 9.17) is 11.6 Å². The molecule has 1 aliphatic rings. The summed E-state index contributed by atoms with van der Waals surface area (Å²) in [5.41, 5.74) is 3.15. The Kier molecular flexibility index (Phi) is 4.34. The fraction of sp³-hybridized carbons (Fsp3) is 0.227. The first-order valence-electron chi connectivity index (χ1n) is 9.59. The second-order valence-electron chi connectivity index (χ2n) is 7.58. The van der Waals surface area contributed by atoms with Crippen LogP contribution in [0.4, 0.5) is 0 Å². The van der Waals surface area contributed by atoms with Crippen molar-refractivity contribution in [2.24, 2.45) is 7.05 Å². The van der Waals surface area contributed by atoms with Gasteiger partial charge in [-0.25, -0.2) is 4.79 Å². The normalized spacial score (nSPS) is 15.6. The summed E-state index contributed by atoms with van der Waals surface area (Å²) in [7, 11) is 1.72. The van der Waals surface area contributed by atoms with Crippen molar-refractivity contribution in [3.8, 4) is 5.69 Å². The molecule has 0 radical (unpaired) electrons. The van der Waals surface area contributed by atoms with E-state index in [1.165, 1.54) is 9.13 Å². The zero-order valence-corrected chi connectivity index (χ0v) is 18.0. The summed E-state index contributed by atoms with van der Waals surface area (Å²) in [5, 5.41) is 0.667. The van der Waals surface area contributed by atoms with Gasteiger partial charge in [-0.1, -0.05) is 35.1 Å². The van der Waals surface area contributed by atoms with E-state index in [0.29, 0.717) is 22.7 Å². The molecule has 30 heavy (non-hydrogen) atoms. The van der Waals surface area contributed by atoms with Crippen LogP contribution in [-0.4, -0.2) is 13.7 Å². The number of thiazole rings is 1. The Morgan fingerprint density at radius 1 is 1.13 bits per heavy atom. The standard InChI is InChI=1S/C22H18ClN3O3S/c1-12-11-25(13-6-8-18-19(10-13)30-22(29)24(18)2)21(28)26(20(12)27)17-9-7-14-15(17)4-3-5-16(14)23/h3-6,8,10-11,17H,7,9H2,1-2H3.